The van der Waals surface area contributed by atoms with Gasteiger partial charge in [0.05, 0.1) is 5.69 Å². The van der Waals surface area contributed by atoms with Gasteiger partial charge in [-0.3, -0.25) is 4.72 Å². The maximum atomic E-state index is 13.7. The van der Waals surface area contributed by atoms with Gasteiger partial charge in [-0.05, 0) is 36.8 Å². The van der Waals surface area contributed by atoms with Crippen molar-refractivity contribution in [3.8, 4) is 5.75 Å². The van der Waals surface area contributed by atoms with E-state index in [2.05, 4.69) is 4.74 Å². The summed E-state index contributed by atoms with van der Waals surface area (Å²) >= 11 is 0. The lowest BCUT2D eigenvalue weighted by molar-refractivity contribution is -0.275. The molecule has 23 heavy (non-hydrogen) atoms. The van der Waals surface area contributed by atoms with Crippen LogP contribution in [0, 0.1) is 12.7 Å². The fraction of sp³-hybridized carbons (Fsp3) is 0.143. The van der Waals surface area contributed by atoms with Crippen LogP contribution in [0.5, 0.6) is 5.75 Å². The number of para-hydroxylation sites is 1. The lowest BCUT2D eigenvalue weighted by Crippen LogP contribution is -2.21. The Morgan fingerprint density at radius 1 is 1.09 bits per heavy atom. The van der Waals surface area contributed by atoms with E-state index >= 15 is 0 Å². The van der Waals surface area contributed by atoms with E-state index in [1.54, 1.807) is 6.92 Å². The van der Waals surface area contributed by atoms with Gasteiger partial charge in [-0.1, -0.05) is 18.2 Å². The highest BCUT2D eigenvalue weighted by Crippen LogP contribution is 2.31. The number of rotatable bonds is 4. The lowest BCUT2D eigenvalue weighted by atomic mass is 10.2. The van der Waals surface area contributed by atoms with E-state index in [1.165, 1.54) is 24.3 Å². The lowest BCUT2D eigenvalue weighted by Gasteiger charge is -2.14. The van der Waals surface area contributed by atoms with Crippen LogP contribution in [0.3, 0.4) is 0 Å². The van der Waals surface area contributed by atoms with Crippen LogP contribution in [-0.2, 0) is 10.0 Å². The third-order valence-electron chi connectivity index (χ3n) is 2.73. The summed E-state index contributed by atoms with van der Waals surface area (Å²) < 4.78 is 80.8. The normalized spacial score (nSPS) is 12.0. The Morgan fingerprint density at radius 2 is 1.74 bits per heavy atom. The van der Waals surface area contributed by atoms with Gasteiger partial charge in [0, 0.05) is 0 Å². The molecule has 0 spiro atoms. The average Bonchev–Trinajstić information content (AvgIpc) is 2.40. The van der Waals surface area contributed by atoms with Gasteiger partial charge in [-0.15, -0.1) is 13.2 Å². The molecule has 0 heterocycles. The number of anilines is 1. The minimum Gasteiger partial charge on any atom is -0.404 e. The SMILES string of the molecule is Cc1ccc(NS(=O)(=O)c2ccccc2OC(F)(F)F)c(F)c1. The van der Waals surface area contributed by atoms with E-state index in [0.717, 1.165) is 18.2 Å². The molecule has 0 unspecified atom stereocenters. The maximum Gasteiger partial charge on any atom is 0.573 e. The first-order chi connectivity index (χ1) is 10.6. The van der Waals surface area contributed by atoms with Gasteiger partial charge in [0.2, 0.25) is 0 Å². The fourth-order valence-electron chi connectivity index (χ4n) is 1.78. The molecular weight excluding hydrogens is 338 g/mol. The number of benzene rings is 2. The third-order valence-corrected chi connectivity index (χ3v) is 4.14. The summed E-state index contributed by atoms with van der Waals surface area (Å²) in [6.45, 7) is 1.60. The van der Waals surface area contributed by atoms with Gasteiger partial charge in [-0.25, -0.2) is 12.8 Å². The Kier molecular flexibility index (Phi) is 4.51. The summed E-state index contributed by atoms with van der Waals surface area (Å²) in [5.74, 6) is -1.75. The van der Waals surface area contributed by atoms with Crippen molar-refractivity contribution in [2.75, 3.05) is 4.72 Å². The van der Waals surface area contributed by atoms with Crippen LogP contribution in [0.1, 0.15) is 5.56 Å². The average molecular weight is 349 g/mol. The molecule has 0 aliphatic heterocycles. The fourth-order valence-corrected chi connectivity index (χ4v) is 2.98. The number of sulfonamides is 1. The van der Waals surface area contributed by atoms with Crippen molar-refractivity contribution in [1.29, 1.82) is 0 Å². The quantitative estimate of drug-likeness (QED) is 0.854. The largest absolute Gasteiger partial charge is 0.573 e. The molecule has 1 N–H and O–H groups in total. The Balaban J connectivity index is 2.40. The highest BCUT2D eigenvalue weighted by atomic mass is 32.2. The molecule has 0 radical (unpaired) electrons. The van der Waals surface area contributed by atoms with Gasteiger partial charge < -0.3 is 4.74 Å². The van der Waals surface area contributed by atoms with Crippen molar-refractivity contribution < 1.29 is 30.7 Å². The highest BCUT2D eigenvalue weighted by Gasteiger charge is 2.34. The first-order valence-electron chi connectivity index (χ1n) is 6.22. The van der Waals surface area contributed by atoms with Crippen molar-refractivity contribution in [3.63, 3.8) is 0 Å². The minimum atomic E-state index is -5.05. The number of halogens is 4. The Hall–Kier alpha value is -2.29. The van der Waals surface area contributed by atoms with Crippen LogP contribution in [-0.4, -0.2) is 14.8 Å². The topological polar surface area (TPSA) is 55.4 Å². The summed E-state index contributed by atoms with van der Waals surface area (Å²) in [5, 5.41) is 0. The van der Waals surface area contributed by atoms with Gasteiger partial charge in [0.1, 0.15) is 16.5 Å². The predicted molar refractivity (Wildman–Crippen MR) is 75.1 cm³/mol. The summed E-state index contributed by atoms with van der Waals surface area (Å²) in [6.07, 6.45) is -5.05. The molecule has 124 valence electrons. The van der Waals surface area contributed by atoms with Gasteiger partial charge in [0.15, 0.2) is 0 Å². The Bertz CT molecular complexity index is 819. The second kappa shape index (κ2) is 6.07. The summed E-state index contributed by atoms with van der Waals surface area (Å²) in [5.41, 5.74) is 0.184. The molecule has 0 aliphatic carbocycles. The van der Waals surface area contributed by atoms with Crippen LogP contribution in [0.4, 0.5) is 23.2 Å². The van der Waals surface area contributed by atoms with Gasteiger partial charge in [-0.2, -0.15) is 0 Å². The van der Waals surface area contributed by atoms with Gasteiger partial charge in [0.25, 0.3) is 10.0 Å². The molecule has 2 rings (SSSR count). The molecule has 4 nitrogen and oxygen atoms in total. The summed E-state index contributed by atoms with van der Waals surface area (Å²) in [4.78, 5) is -0.752. The van der Waals surface area contributed by atoms with Crippen LogP contribution in [0.2, 0.25) is 0 Å². The van der Waals surface area contributed by atoms with Crippen molar-refractivity contribution in [1.82, 2.24) is 0 Å². The molecule has 0 fully saturated rings. The zero-order chi connectivity index (χ0) is 17.3. The molecule has 9 heteroatoms. The molecule has 0 aromatic heterocycles. The zero-order valence-electron chi connectivity index (χ0n) is 11.7. The molecule has 0 amide bonds. The molecule has 0 atom stereocenters. The van der Waals surface area contributed by atoms with Crippen LogP contribution in [0.15, 0.2) is 47.4 Å². The summed E-state index contributed by atoms with van der Waals surface area (Å²) in [7, 11) is -4.47. The van der Waals surface area contributed by atoms with E-state index in [9.17, 15) is 26.0 Å². The number of ether oxygens (including phenoxy) is 1. The number of aryl methyl sites for hydroxylation is 1. The monoisotopic (exact) mass is 349 g/mol. The van der Waals surface area contributed by atoms with Crippen molar-refractivity contribution in [2.24, 2.45) is 0 Å². The summed E-state index contributed by atoms with van der Waals surface area (Å²) in [6, 6.07) is 7.92. The predicted octanol–water partition coefficient (Wildman–Crippen LogP) is 3.83. The maximum absolute atomic E-state index is 13.7. The van der Waals surface area contributed by atoms with Crippen molar-refractivity contribution >= 4 is 15.7 Å². The number of hydrogen-bond acceptors (Lipinski definition) is 3. The Morgan fingerprint density at radius 3 is 2.35 bits per heavy atom. The number of alkyl halides is 3. The van der Waals surface area contributed by atoms with E-state index < -0.39 is 32.8 Å². The van der Waals surface area contributed by atoms with E-state index in [4.69, 9.17) is 0 Å². The van der Waals surface area contributed by atoms with Crippen LogP contribution < -0.4 is 9.46 Å². The second-order valence-electron chi connectivity index (χ2n) is 4.58. The van der Waals surface area contributed by atoms with Crippen molar-refractivity contribution in [2.45, 2.75) is 18.2 Å². The molecule has 0 saturated carbocycles. The molecule has 0 aliphatic rings. The smallest absolute Gasteiger partial charge is 0.404 e. The van der Waals surface area contributed by atoms with Crippen molar-refractivity contribution in [3.05, 3.63) is 53.8 Å². The second-order valence-corrected chi connectivity index (χ2v) is 6.23. The zero-order valence-corrected chi connectivity index (χ0v) is 12.5. The van der Waals surface area contributed by atoms with Crippen LogP contribution in [0.25, 0.3) is 0 Å². The Labute approximate surface area is 129 Å². The van der Waals surface area contributed by atoms with Gasteiger partial charge >= 0.3 is 6.36 Å². The standard InChI is InChI=1S/C14H11F4NO3S/c1-9-6-7-11(10(15)8-9)19-23(20,21)13-5-3-2-4-12(13)22-14(16,17)18/h2-8,19H,1H3. The first-order valence-corrected chi connectivity index (χ1v) is 7.70. The minimum absolute atomic E-state index is 0.377. The number of nitrogens with one attached hydrogen (secondary N) is 1. The van der Waals surface area contributed by atoms with E-state index in [0.29, 0.717) is 5.56 Å². The van der Waals surface area contributed by atoms with E-state index in [1.807, 2.05) is 4.72 Å². The molecular formula is C14H11F4NO3S. The molecule has 2 aromatic rings. The highest BCUT2D eigenvalue weighted by molar-refractivity contribution is 7.92. The van der Waals surface area contributed by atoms with Crippen LogP contribution >= 0.6 is 0 Å². The van der Waals surface area contributed by atoms with E-state index in [-0.39, 0.29) is 5.69 Å². The third kappa shape index (κ3) is 4.35. The number of hydrogen-bond donors (Lipinski definition) is 1. The first kappa shape index (κ1) is 17.1. The molecule has 2 aromatic carbocycles. The molecule has 0 bridgehead atoms. The molecule has 0 saturated heterocycles.